The number of nitrogens with zero attached hydrogens (tertiary/aromatic N) is 3. The summed E-state index contributed by atoms with van der Waals surface area (Å²) >= 11 is 5.06. The number of fused-ring (bicyclic) bond motifs is 1. The topological polar surface area (TPSA) is 85.7 Å². The van der Waals surface area contributed by atoms with Crippen LogP contribution < -0.4 is 5.11 Å². The summed E-state index contributed by atoms with van der Waals surface area (Å²) in [6, 6.07) is 7.13. The van der Waals surface area contributed by atoms with E-state index in [2.05, 4.69) is 0 Å². The fraction of sp³-hybridized carbons (Fsp3) is 0.176. The third-order valence-corrected chi connectivity index (χ3v) is 4.61. The molecule has 0 aliphatic carbocycles. The quantitative estimate of drug-likeness (QED) is 0.439. The third-order valence-electron chi connectivity index (χ3n) is 4.06. The van der Waals surface area contributed by atoms with Gasteiger partial charge in [-0.1, -0.05) is 18.2 Å². The lowest BCUT2D eigenvalue weighted by atomic mass is 10.1. The Morgan fingerprint density at radius 1 is 1.16 bits per heavy atom. The Hall–Kier alpha value is -3.00. The van der Waals surface area contributed by atoms with Crippen LogP contribution in [0.5, 0.6) is 0 Å². The second kappa shape index (κ2) is 6.14. The number of hydrogen-bond donors (Lipinski definition) is 0. The van der Waals surface area contributed by atoms with E-state index in [0.717, 1.165) is 5.39 Å². The van der Waals surface area contributed by atoms with Crippen LogP contribution in [0.25, 0.3) is 17.0 Å². The number of aromatic nitrogens is 1. The molecule has 0 radical (unpaired) electrons. The number of carboxylic acid groups (broad SMARTS) is 1. The molecule has 1 aliphatic rings. The summed E-state index contributed by atoms with van der Waals surface area (Å²) in [6.45, 7) is -0.324. The zero-order chi connectivity index (χ0) is 18.3. The lowest BCUT2D eigenvalue weighted by Crippen LogP contribution is -2.52. The molecule has 1 aliphatic heterocycles. The minimum atomic E-state index is -1.23. The molecule has 1 aromatic carbocycles. The van der Waals surface area contributed by atoms with E-state index >= 15 is 0 Å². The van der Waals surface area contributed by atoms with Gasteiger partial charge in [0.05, 0.1) is 12.5 Å². The van der Waals surface area contributed by atoms with Crippen LogP contribution in [-0.4, -0.2) is 51.4 Å². The summed E-state index contributed by atoms with van der Waals surface area (Å²) in [7, 11) is 3.00. The van der Waals surface area contributed by atoms with E-state index in [1.54, 1.807) is 30.5 Å². The molecule has 3 rings (SSSR count). The normalized spacial score (nSPS) is 15.3. The lowest BCUT2D eigenvalue weighted by Gasteiger charge is -2.31. The summed E-state index contributed by atoms with van der Waals surface area (Å²) in [5, 5.41) is 11.8. The number of amides is 2. The molecule has 0 N–H and O–H groups in total. The van der Waals surface area contributed by atoms with Gasteiger partial charge in [-0.05, 0) is 24.4 Å². The maximum Gasteiger partial charge on any atom is 0.265 e. The molecule has 128 valence electrons. The molecular formula is C17H14N3O4S-. The Morgan fingerprint density at radius 3 is 2.36 bits per heavy atom. The summed E-state index contributed by atoms with van der Waals surface area (Å²) in [4.78, 5) is 38.3. The van der Waals surface area contributed by atoms with Crippen molar-refractivity contribution < 1.29 is 19.5 Å². The molecule has 2 aromatic rings. The second-order valence-electron chi connectivity index (χ2n) is 5.67. The van der Waals surface area contributed by atoms with Crippen molar-refractivity contribution in [1.82, 2.24) is 14.4 Å². The van der Waals surface area contributed by atoms with Gasteiger partial charge in [-0.2, -0.15) is 0 Å². The Morgan fingerprint density at radius 2 is 1.76 bits per heavy atom. The Bertz CT molecular complexity index is 934. The molecule has 8 heteroatoms. The first-order chi connectivity index (χ1) is 11.8. The number of carbonyl (C=O) groups excluding carboxylic acids is 3. The largest absolute Gasteiger partial charge is 0.548 e. The molecule has 1 fully saturated rings. The van der Waals surface area contributed by atoms with Crippen LogP contribution in [0.2, 0.25) is 0 Å². The fourth-order valence-corrected chi connectivity index (χ4v) is 2.96. The number of aliphatic carboxylic acids is 1. The van der Waals surface area contributed by atoms with Crippen LogP contribution in [0.15, 0.2) is 36.0 Å². The van der Waals surface area contributed by atoms with Gasteiger partial charge in [0.15, 0.2) is 5.11 Å². The van der Waals surface area contributed by atoms with Crippen LogP contribution in [-0.2, 0) is 20.9 Å². The SMILES string of the molecule is CN1C(=O)C(=Cc2cn(CC(=O)[O-])c3ccccc23)C(=O)N(C)C1=S. The number of benzene rings is 1. The molecule has 0 unspecified atom stereocenters. The third kappa shape index (κ3) is 2.80. The molecule has 0 bridgehead atoms. The van der Waals surface area contributed by atoms with Crippen LogP contribution in [0, 0.1) is 0 Å². The van der Waals surface area contributed by atoms with E-state index in [-0.39, 0.29) is 17.2 Å². The number of para-hydroxylation sites is 1. The number of likely N-dealkylation sites (N-methyl/N-ethyl adjacent to an activating group) is 2. The lowest BCUT2D eigenvalue weighted by molar-refractivity contribution is -0.306. The van der Waals surface area contributed by atoms with Crippen LogP contribution in [0.4, 0.5) is 0 Å². The zero-order valence-electron chi connectivity index (χ0n) is 13.6. The average Bonchev–Trinajstić information content (AvgIpc) is 2.92. The standard InChI is InChI=1S/C17H15N3O4S/c1-18-15(23)12(16(24)19(2)17(18)25)7-10-8-20(9-14(21)22)13-6-4-3-5-11(10)13/h3-8H,9H2,1-2H3,(H,21,22)/p-1. The molecule has 1 saturated heterocycles. The Kier molecular flexibility index (Phi) is 4.13. The zero-order valence-corrected chi connectivity index (χ0v) is 14.4. The highest BCUT2D eigenvalue weighted by Gasteiger charge is 2.35. The van der Waals surface area contributed by atoms with Crippen molar-refractivity contribution in [1.29, 1.82) is 0 Å². The van der Waals surface area contributed by atoms with E-state index in [1.165, 1.54) is 34.5 Å². The van der Waals surface area contributed by atoms with Crippen molar-refractivity contribution >= 4 is 52.1 Å². The van der Waals surface area contributed by atoms with E-state index in [1.807, 2.05) is 0 Å². The molecule has 0 atom stereocenters. The number of thiocarbonyl (C=S) groups is 1. The fourth-order valence-electron chi connectivity index (χ4n) is 2.79. The smallest absolute Gasteiger partial charge is 0.265 e. The highest BCUT2D eigenvalue weighted by Crippen LogP contribution is 2.25. The predicted molar refractivity (Wildman–Crippen MR) is 93.1 cm³/mol. The second-order valence-corrected chi connectivity index (χ2v) is 6.04. The summed E-state index contributed by atoms with van der Waals surface area (Å²) in [5.74, 6) is -2.22. The average molecular weight is 356 g/mol. The minimum absolute atomic E-state index is 0.0325. The summed E-state index contributed by atoms with van der Waals surface area (Å²) in [6.07, 6.45) is 3.05. The molecule has 1 aromatic heterocycles. The van der Waals surface area contributed by atoms with Gasteiger partial charge in [0.1, 0.15) is 5.57 Å². The van der Waals surface area contributed by atoms with E-state index in [4.69, 9.17) is 12.2 Å². The molecule has 25 heavy (non-hydrogen) atoms. The number of hydrogen-bond acceptors (Lipinski definition) is 5. The highest BCUT2D eigenvalue weighted by molar-refractivity contribution is 7.80. The Labute approximate surface area is 148 Å². The molecule has 2 heterocycles. The van der Waals surface area contributed by atoms with Crippen molar-refractivity contribution in [3.05, 3.63) is 41.6 Å². The van der Waals surface area contributed by atoms with Gasteiger partial charge in [-0.15, -0.1) is 0 Å². The van der Waals surface area contributed by atoms with Crippen molar-refractivity contribution in [2.45, 2.75) is 6.54 Å². The molecule has 0 spiro atoms. The van der Waals surface area contributed by atoms with Gasteiger partial charge in [-0.25, -0.2) is 0 Å². The number of carboxylic acids is 1. The van der Waals surface area contributed by atoms with Crippen LogP contribution in [0.3, 0.4) is 0 Å². The summed E-state index contributed by atoms with van der Waals surface area (Å²) < 4.78 is 1.51. The van der Waals surface area contributed by atoms with Crippen molar-refractivity contribution in [3.8, 4) is 0 Å². The highest BCUT2D eigenvalue weighted by atomic mass is 32.1. The van der Waals surface area contributed by atoms with Gasteiger partial charge < -0.3 is 14.5 Å². The van der Waals surface area contributed by atoms with Crippen molar-refractivity contribution in [3.63, 3.8) is 0 Å². The van der Waals surface area contributed by atoms with Crippen LogP contribution >= 0.6 is 12.2 Å². The van der Waals surface area contributed by atoms with E-state index < -0.39 is 17.8 Å². The number of rotatable bonds is 3. The van der Waals surface area contributed by atoms with Gasteiger partial charge in [-0.3, -0.25) is 19.4 Å². The first-order valence-electron chi connectivity index (χ1n) is 7.40. The van der Waals surface area contributed by atoms with Gasteiger partial charge in [0.2, 0.25) is 0 Å². The maximum atomic E-state index is 12.4. The summed E-state index contributed by atoms with van der Waals surface area (Å²) in [5.41, 5.74) is 1.21. The van der Waals surface area contributed by atoms with Crippen molar-refractivity contribution in [2.24, 2.45) is 0 Å². The first kappa shape index (κ1) is 16.8. The monoisotopic (exact) mass is 356 g/mol. The molecule has 7 nitrogen and oxygen atoms in total. The van der Waals surface area contributed by atoms with Crippen LogP contribution in [0.1, 0.15) is 5.56 Å². The maximum absolute atomic E-state index is 12.4. The van der Waals surface area contributed by atoms with Crippen molar-refractivity contribution in [2.75, 3.05) is 14.1 Å². The molecule has 2 amide bonds. The predicted octanol–water partition coefficient (Wildman–Crippen LogP) is -0.0101. The first-order valence-corrected chi connectivity index (χ1v) is 7.81. The van der Waals surface area contributed by atoms with Gasteiger partial charge in [0.25, 0.3) is 11.8 Å². The molecular weight excluding hydrogens is 342 g/mol. The van der Waals surface area contributed by atoms with E-state index in [9.17, 15) is 19.5 Å². The van der Waals surface area contributed by atoms with Gasteiger partial charge in [0, 0.05) is 36.8 Å². The molecule has 0 saturated carbocycles. The Balaban J connectivity index is 2.15. The van der Waals surface area contributed by atoms with Gasteiger partial charge >= 0.3 is 0 Å². The number of carbonyl (C=O) groups is 3. The van der Waals surface area contributed by atoms with E-state index in [0.29, 0.717) is 11.1 Å². The minimum Gasteiger partial charge on any atom is -0.548 e.